The van der Waals surface area contributed by atoms with E-state index in [1.165, 1.54) is 31.2 Å². The monoisotopic (exact) mass is 425 g/mol. The Bertz CT molecular complexity index is 812. The number of ether oxygens (including phenoxy) is 1. The average Bonchev–Trinajstić information content (AvgIpc) is 3.38. The molecular weight excluding hydrogens is 390 g/mol. The zero-order valence-electron chi connectivity index (χ0n) is 18.7. The van der Waals surface area contributed by atoms with Gasteiger partial charge in [-0.05, 0) is 62.0 Å². The fourth-order valence-corrected chi connectivity index (χ4v) is 6.06. The second kappa shape index (κ2) is 9.19. The Hall–Kier alpha value is -2.08. The summed E-state index contributed by atoms with van der Waals surface area (Å²) in [6.45, 7) is 5.68. The maximum Gasteiger partial charge on any atom is 0.229 e. The molecule has 31 heavy (non-hydrogen) atoms. The number of hydrogen-bond acceptors (Lipinski definition) is 5. The van der Waals surface area contributed by atoms with Gasteiger partial charge in [-0.25, -0.2) is 0 Å². The molecule has 4 heterocycles. The van der Waals surface area contributed by atoms with Crippen molar-refractivity contribution in [2.75, 3.05) is 31.2 Å². The number of piperidine rings is 1. The molecule has 0 aliphatic carbocycles. The molecule has 3 atom stereocenters. The summed E-state index contributed by atoms with van der Waals surface area (Å²) in [6.07, 6.45) is 8.57. The average molecular weight is 426 g/mol. The van der Waals surface area contributed by atoms with Crippen LogP contribution >= 0.6 is 0 Å². The number of fused-ring (bicyclic) bond motifs is 3. The van der Waals surface area contributed by atoms with E-state index >= 15 is 0 Å². The summed E-state index contributed by atoms with van der Waals surface area (Å²) in [6, 6.07) is 9.79. The van der Waals surface area contributed by atoms with Gasteiger partial charge in [0.05, 0.1) is 13.0 Å². The number of anilines is 1. The Morgan fingerprint density at radius 3 is 2.71 bits per heavy atom. The number of nitrogens with zero attached hydrogens (tertiary/aromatic N) is 3. The first kappa shape index (κ1) is 20.8. The Labute approximate surface area is 185 Å². The van der Waals surface area contributed by atoms with Crippen LogP contribution < -0.4 is 4.90 Å². The van der Waals surface area contributed by atoms with Crippen LogP contribution in [0.1, 0.15) is 57.4 Å². The summed E-state index contributed by atoms with van der Waals surface area (Å²) in [7, 11) is 0. The lowest BCUT2D eigenvalue weighted by Gasteiger charge is -2.41. The van der Waals surface area contributed by atoms with Crippen molar-refractivity contribution < 1.29 is 14.4 Å². The minimum Gasteiger partial charge on any atom is -0.478 e. The Balaban J connectivity index is 1.12. The Kier molecular flexibility index (Phi) is 6.17. The molecule has 6 nitrogen and oxygen atoms in total. The van der Waals surface area contributed by atoms with E-state index in [9.17, 15) is 4.79 Å². The third-order valence-electron chi connectivity index (χ3n) is 7.80. The summed E-state index contributed by atoms with van der Waals surface area (Å²) in [5.41, 5.74) is 2.45. The van der Waals surface area contributed by atoms with E-state index in [0.29, 0.717) is 31.0 Å². The molecule has 3 unspecified atom stereocenters. The molecule has 0 aromatic heterocycles. The molecular formula is C25H35N3O3. The zero-order chi connectivity index (χ0) is 21.2. The molecule has 0 radical (unpaired) electrons. The van der Waals surface area contributed by atoms with Crippen molar-refractivity contribution in [2.45, 2.75) is 70.4 Å². The summed E-state index contributed by atoms with van der Waals surface area (Å²) < 4.78 is 5.88. The van der Waals surface area contributed by atoms with Gasteiger partial charge >= 0.3 is 0 Å². The zero-order valence-corrected chi connectivity index (χ0v) is 18.7. The molecule has 2 saturated heterocycles. The highest BCUT2D eigenvalue weighted by atomic mass is 16.7. The number of amides is 1. The number of carbonyl (C=O) groups is 1. The normalized spacial score (nSPS) is 28.8. The van der Waals surface area contributed by atoms with Crippen molar-refractivity contribution >= 4 is 17.5 Å². The summed E-state index contributed by atoms with van der Waals surface area (Å²) >= 11 is 0. The third kappa shape index (κ3) is 4.45. The number of oxime groups is 1. The second-order valence-corrected chi connectivity index (χ2v) is 9.74. The molecule has 4 aliphatic heterocycles. The van der Waals surface area contributed by atoms with E-state index in [1.807, 2.05) is 11.0 Å². The fourth-order valence-electron chi connectivity index (χ4n) is 6.06. The van der Waals surface area contributed by atoms with Gasteiger partial charge in [0.25, 0.3) is 0 Å². The predicted octanol–water partition coefficient (Wildman–Crippen LogP) is 3.99. The highest BCUT2D eigenvalue weighted by molar-refractivity contribution is 5.96. The Morgan fingerprint density at radius 2 is 1.94 bits per heavy atom. The summed E-state index contributed by atoms with van der Waals surface area (Å²) in [5, 5.41) is 3.96. The van der Waals surface area contributed by atoms with Crippen LogP contribution in [0, 0.1) is 11.8 Å². The first-order chi connectivity index (χ1) is 15.2. The highest BCUT2D eigenvalue weighted by Gasteiger charge is 2.42. The van der Waals surface area contributed by atoms with Crippen molar-refractivity contribution in [1.82, 2.24) is 4.90 Å². The molecule has 6 heteroatoms. The van der Waals surface area contributed by atoms with Gasteiger partial charge in [-0.2, -0.15) is 0 Å². The van der Waals surface area contributed by atoms with Crippen molar-refractivity contribution in [3.05, 3.63) is 29.8 Å². The fraction of sp³-hybridized carbons (Fsp3) is 0.680. The standard InChI is InChI=1S/C25H35N3O3/c1-18(17-30-24-11-14-31-26-24)20-15-21-8-9-22(16-20)27(21)12-4-13-28-23-6-3-2-5-19(23)7-10-25(28)29/h2-3,5-6,18,20-22H,4,7-17H2,1H3. The van der Waals surface area contributed by atoms with Gasteiger partial charge in [0.15, 0.2) is 0 Å². The van der Waals surface area contributed by atoms with Crippen molar-refractivity contribution in [2.24, 2.45) is 17.0 Å². The summed E-state index contributed by atoms with van der Waals surface area (Å²) in [4.78, 5) is 22.4. The largest absolute Gasteiger partial charge is 0.478 e. The molecule has 0 spiro atoms. The van der Waals surface area contributed by atoms with E-state index in [-0.39, 0.29) is 5.91 Å². The van der Waals surface area contributed by atoms with E-state index < -0.39 is 0 Å². The molecule has 2 bridgehead atoms. The Morgan fingerprint density at radius 1 is 1.13 bits per heavy atom. The SMILES string of the molecule is CC(COC1=NOCC1)C1CC2CCC(C1)N2CCCN1C(=O)CCc2ccccc21. The number of para-hydroxylation sites is 1. The van der Waals surface area contributed by atoms with E-state index in [4.69, 9.17) is 9.57 Å². The van der Waals surface area contributed by atoms with Gasteiger partial charge in [-0.15, -0.1) is 0 Å². The molecule has 4 aliphatic rings. The van der Waals surface area contributed by atoms with Gasteiger partial charge in [0.2, 0.25) is 11.8 Å². The van der Waals surface area contributed by atoms with Gasteiger partial charge < -0.3 is 14.5 Å². The van der Waals surface area contributed by atoms with Gasteiger partial charge in [-0.3, -0.25) is 9.69 Å². The van der Waals surface area contributed by atoms with Gasteiger partial charge in [0.1, 0.15) is 6.61 Å². The second-order valence-electron chi connectivity index (χ2n) is 9.74. The topological polar surface area (TPSA) is 54.4 Å². The van der Waals surface area contributed by atoms with Crippen LogP contribution in [0.4, 0.5) is 5.69 Å². The van der Waals surface area contributed by atoms with Gasteiger partial charge in [-0.1, -0.05) is 30.3 Å². The molecule has 1 aromatic carbocycles. The maximum absolute atomic E-state index is 12.5. The minimum atomic E-state index is 0.284. The number of hydrogen-bond donors (Lipinski definition) is 0. The summed E-state index contributed by atoms with van der Waals surface area (Å²) in [5.74, 6) is 2.33. The molecule has 1 aromatic rings. The van der Waals surface area contributed by atoms with Crippen LogP contribution in [0.2, 0.25) is 0 Å². The van der Waals surface area contributed by atoms with Crippen LogP contribution in [0.15, 0.2) is 29.4 Å². The van der Waals surface area contributed by atoms with Crippen LogP contribution in [0.25, 0.3) is 0 Å². The number of benzene rings is 1. The van der Waals surface area contributed by atoms with Crippen LogP contribution in [0.3, 0.4) is 0 Å². The molecule has 1 amide bonds. The number of carbonyl (C=O) groups excluding carboxylic acids is 1. The van der Waals surface area contributed by atoms with E-state index in [0.717, 1.165) is 56.5 Å². The van der Waals surface area contributed by atoms with Gasteiger partial charge in [0, 0.05) is 37.3 Å². The molecule has 0 saturated carbocycles. The number of aryl methyl sites for hydroxylation is 1. The van der Waals surface area contributed by atoms with Crippen LogP contribution in [-0.2, 0) is 20.8 Å². The van der Waals surface area contributed by atoms with Crippen LogP contribution in [0.5, 0.6) is 0 Å². The van der Waals surface area contributed by atoms with Crippen molar-refractivity contribution in [1.29, 1.82) is 0 Å². The molecule has 5 rings (SSSR count). The lowest BCUT2D eigenvalue weighted by molar-refractivity contribution is -0.118. The predicted molar refractivity (Wildman–Crippen MR) is 121 cm³/mol. The quantitative estimate of drug-likeness (QED) is 0.663. The van der Waals surface area contributed by atoms with Crippen LogP contribution in [-0.4, -0.2) is 55.1 Å². The maximum atomic E-state index is 12.5. The smallest absolute Gasteiger partial charge is 0.229 e. The van der Waals surface area contributed by atoms with Crippen molar-refractivity contribution in [3.63, 3.8) is 0 Å². The minimum absolute atomic E-state index is 0.284. The molecule has 0 N–H and O–H groups in total. The van der Waals surface area contributed by atoms with E-state index in [2.05, 4.69) is 35.2 Å². The lowest BCUT2D eigenvalue weighted by Crippen LogP contribution is -2.46. The first-order valence-corrected chi connectivity index (χ1v) is 12.1. The van der Waals surface area contributed by atoms with Crippen molar-refractivity contribution in [3.8, 4) is 0 Å². The number of rotatable bonds is 7. The molecule has 168 valence electrons. The third-order valence-corrected chi connectivity index (χ3v) is 7.80. The molecule has 2 fully saturated rings. The lowest BCUT2D eigenvalue weighted by atomic mass is 9.82. The highest BCUT2D eigenvalue weighted by Crippen LogP contribution is 2.41. The first-order valence-electron chi connectivity index (χ1n) is 12.1. The van der Waals surface area contributed by atoms with E-state index in [1.54, 1.807) is 0 Å².